The van der Waals surface area contributed by atoms with Crippen molar-refractivity contribution >= 4 is 11.8 Å². The molecule has 1 aliphatic rings. The quantitative estimate of drug-likeness (QED) is 0.660. The Kier molecular flexibility index (Phi) is 4.98. The van der Waals surface area contributed by atoms with Crippen molar-refractivity contribution in [1.29, 1.82) is 0 Å². The third-order valence-electron chi connectivity index (χ3n) is 2.60. The van der Waals surface area contributed by atoms with E-state index in [0.717, 1.165) is 0 Å². The molecule has 2 amide bonds. The van der Waals surface area contributed by atoms with Gasteiger partial charge in [-0.2, -0.15) is 0 Å². The summed E-state index contributed by atoms with van der Waals surface area (Å²) in [5.74, 6) is 1.86. The van der Waals surface area contributed by atoms with Crippen LogP contribution in [-0.2, 0) is 9.59 Å². The lowest BCUT2D eigenvalue weighted by atomic mass is 10.3. The van der Waals surface area contributed by atoms with E-state index in [2.05, 4.69) is 11.2 Å². The van der Waals surface area contributed by atoms with Gasteiger partial charge < -0.3 is 10.2 Å². The Morgan fingerprint density at radius 3 is 2.35 bits per heavy atom. The molecule has 0 bridgehead atoms. The lowest BCUT2D eigenvalue weighted by Gasteiger charge is -2.33. The average Bonchev–Trinajstić information content (AvgIpc) is 2.28. The summed E-state index contributed by atoms with van der Waals surface area (Å²) in [5.41, 5.74) is 0. The average molecular weight is 237 g/mol. The molecule has 1 N–H and O–H groups in total. The molecule has 1 rings (SSSR count). The van der Waals surface area contributed by atoms with Crippen LogP contribution in [-0.4, -0.2) is 60.4 Å². The summed E-state index contributed by atoms with van der Waals surface area (Å²) < 4.78 is 0. The second-order valence-corrected chi connectivity index (χ2v) is 4.43. The predicted molar refractivity (Wildman–Crippen MR) is 65.1 cm³/mol. The molecule has 0 spiro atoms. The Hall–Kier alpha value is -1.54. The molecule has 0 aromatic heterocycles. The summed E-state index contributed by atoms with van der Waals surface area (Å²) in [4.78, 5) is 26.4. The highest BCUT2D eigenvalue weighted by Crippen LogP contribution is 2.01. The van der Waals surface area contributed by atoms with Crippen molar-refractivity contribution in [3.8, 4) is 12.3 Å². The Labute approximate surface area is 102 Å². The van der Waals surface area contributed by atoms with Gasteiger partial charge in [-0.3, -0.25) is 14.5 Å². The predicted octanol–water partition coefficient (Wildman–Crippen LogP) is -0.712. The second-order valence-electron chi connectivity index (χ2n) is 4.43. The summed E-state index contributed by atoms with van der Waals surface area (Å²) >= 11 is 0. The maximum atomic E-state index is 11.5. The van der Waals surface area contributed by atoms with Crippen LogP contribution in [0.15, 0.2) is 0 Å². The number of nitrogens with one attached hydrogen (secondary N) is 1. The Balaban J connectivity index is 2.30. The van der Waals surface area contributed by atoms with Gasteiger partial charge in [-0.15, -0.1) is 6.42 Å². The van der Waals surface area contributed by atoms with Crippen LogP contribution in [0.25, 0.3) is 0 Å². The molecule has 0 unspecified atom stereocenters. The van der Waals surface area contributed by atoms with Crippen molar-refractivity contribution in [1.82, 2.24) is 15.1 Å². The maximum absolute atomic E-state index is 11.5. The van der Waals surface area contributed by atoms with Crippen LogP contribution >= 0.6 is 0 Å². The zero-order valence-electron chi connectivity index (χ0n) is 10.4. The zero-order chi connectivity index (χ0) is 12.8. The lowest BCUT2D eigenvalue weighted by Crippen LogP contribution is -2.51. The van der Waals surface area contributed by atoms with E-state index in [1.807, 2.05) is 18.7 Å². The van der Waals surface area contributed by atoms with Gasteiger partial charge in [-0.05, 0) is 19.8 Å². The SMILES string of the molecule is C#CC(=O)N1CCN(CC(=O)NC(C)C)CC1. The maximum Gasteiger partial charge on any atom is 0.298 e. The van der Waals surface area contributed by atoms with E-state index in [0.29, 0.717) is 32.7 Å². The first-order valence-corrected chi connectivity index (χ1v) is 5.80. The zero-order valence-corrected chi connectivity index (χ0v) is 10.4. The van der Waals surface area contributed by atoms with Gasteiger partial charge in [-0.25, -0.2) is 0 Å². The fraction of sp³-hybridized carbons (Fsp3) is 0.667. The summed E-state index contributed by atoms with van der Waals surface area (Å²) in [6, 6.07) is 0.159. The number of hydrogen-bond acceptors (Lipinski definition) is 3. The fourth-order valence-electron chi connectivity index (χ4n) is 1.77. The molecule has 0 saturated carbocycles. The van der Waals surface area contributed by atoms with E-state index in [-0.39, 0.29) is 17.9 Å². The van der Waals surface area contributed by atoms with Crippen molar-refractivity contribution in [3.63, 3.8) is 0 Å². The number of amides is 2. The molecule has 1 heterocycles. The number of carbonyl (C=O) groups is 2. The van der Waals surface area contributed by atoms with Crippen molar-refractivity contribution in [2.75, 3.05) is 32.7 Å². The van der Waals surface area contributed by atoms with Crippen molar-refractivity contribution in [3.05, 3.63) is 0 Å². The van der Waals surface area contributed by atoms with Gasteiger partial charge >= 0.3 is 0 Å². The molecule has 1 aliphatic heterocycles. The monoisotopic (exact) mass is 237 g/mol. The minimum atomic E-state index is -0.267. The van der Waals surface area contributed by atoms with Gasteiger partial charge in [0.2, 0.25) is 5.91 Å². The van der Waals surface area contributed by atoms with Crippen LogP contribution in [0.4, 0.5) is 0 Å². The van der Waals surface area contributed by atoms with E-state index in [1.165, 1.54) is 0 Å². The molecule has 0 aromatic carbocycles. The molecular weight excluding hydrogens is 218 g/mol. The van der Waals surface area contributed by atoms with E-state index in [1.54, 1.807) is 4.90 Å². The van der Waals surface area contributed by atoms with Gasteiger partial charge in [-0.1, -0.05) is 0 Å². The molecule has 5 nitrogen and oxygen atoms in total. The highest BCUT2D eigenvalue weighted by molar-refractivity contribution is 5.92. The summed E-state index contributed by atoms with van der Waals surface area (Å²) in [5, 5.41) is 2.84. The number of terminal acetylenes is 1. The van der Waals surface area contributed by atoms with Crippen LogP contribution < -0.4 is 5.32 Å². The lowest BCUT2D eigenvalue weighted by molar-refractivity contribution is -0.127. The third-order valence-corrected chi connectivity index (χ3v) is 2.60. The Morgan fingerprint density at radius 1 is 1.29 bits per heavy atom. The first kappa shape index (κ1) is 13.5. The number of rotatable bonds is 3. The van der Waals surface area contributed by atoms with E-state index >= 15 is 0 Å². The second kappa shape index (κ2) is 6.26. The fourth-order valence-corrected chi connectivity index (χ4v) is 1.77. The minimum Gasteiger partial charge on any atom is -0.353 e. The smallest absolute Gasteiger partial charge is 0.298 e. The summed E-state index contributed by atoms with van der Waals surface area (Å²) in [6.45, 7) is 6.83. The van der Waals surface area contributed by atoms with Gasteiger partial charge in [0.25, 0.3) is 5.91 Å². The largest absolute Gasteiger partial charge is 0.353 e. The standard InChI is InChI=1S/C12H19N3O2/c1-4-12(17)15-7-5-14(6-8-15)9-11(16)13-10(2)3/h1,10H,5-9H2,2-3H3,(H,13,16). The van der Waals surface area contributed by atoms with Crippen LogP contribution in [0.1, 0.15) is 13.8 Å². The Morgan fingerprint density at radius 2 is 1.88 bits per heavy atom. The summed E-state index contributed by atoms with van der Waals surface area (Å²) in [6.07, 6.45) is 5.05. The normalized spacial score (nSPS) is 16.7. The third kappa shape index (κ3) is 4.45. The molecular formula is C12H19N3O2. The van der Waals surface area contributed by atoms with Gasteiger partial charge in [0.15, 0.2) is 0 Å². The van der Waals surface area contributed by atoms with Crippen LogP contribution in [0.3, 0.4) is 0 Å². The molecule has 0 radical (unpaired) electrons. The van der Waals surface area contributed by atoms with E-state index < -0.39 is 0 Å². The highest BCUT2D eigenvalue weighted by Gasteiger charge is 2.21. The number of piperazine rings is 1. The number of hydrogen-bond donors (Lipinski definition) is 1. The van der Waals surface area contributed by atoms with Crippen molar-refractivity contribution < 1.29 is 9.59 Å². The van der Waals surface area contributed by atoms with Gasteiger partial charge in [0, 0.05) is 32.2 Å². The van der Waals surface area contributed by atoms with Crippen LogP contribution in [0, 0.1) is 12.3 Å². The van der Waals surface area contributed by atoms with Gasteiger partial charge in [0.05, 0.1) is 6.54 Å². The summed E-state index contributed by atoms with van der Waals surface area (Å²) in [7, 11) is 0. The van der Waals surface area contributed by atoms with E-state index in [9.17, 15) is 9.59 Å². The molecule has 1 saturated heterocycles. The van der Waals surface area contributed by atoms with Gasteiger partial charge in [0.1, 0.15) is 0 Å². The van der Waals surface area contributed by atoms with Crippen LogP contribution in [0.5, 0.6) is 0 Å². The molecule has 5 heteroatoms. The molecule has 94 valence electrons. The molecule has 0 atom stereocenters. The van der Waals surface area contributed by atoms with Crippen molar-refractivity contribution in [2.24, 2.45) is 0 Å². The van der Waals surface area contributed by atoms with Crippen molar-refractivity contribution in [2.45, 2.75) is 19.9 Å². The molecule has 17 heavy (non-hydrogen) atoms. The highest BCUT2D eigenvalue weighted by atomic mass is 16.2. The Bertz CT molecular complexity index is 325. The number of carbonyl (C=O) groups excluding carboxylic acids is 2. The number of nitrogens with zero attached hydrogens (tertiary/aromatic N) is 2. The molecule has 1 fully saturated rings. The topological polar surface area (TPSA) is 52.7 Å². The minimum absolute atomic E-state index is 0.0247. The first-order valence-electron chi connectivity index (χ1n) is 5.80. The van der Waals surface area contributed by atoms with E-state index in [4.69, 9.17) is 6.42 Å². The first-order chi connectivity index (χ1) is 8.02. The van der Waals surface area contributed by atoms with Crippen LogP contribution in [0.2, 0.25) is 0 Å². The molecule has 0 aromatic rings. The molecule has 0 aliphatic carbocycles.